The third-order valence-electron chi connectivity index (χ3n) is 4.22. The molecule has 0 bridgehead atoms. The number of rotatable bonds is 14. The maximum atomic E-state index is 6.02. The first-order valence-electron chi connectivity index (χ1n) is 9.89. The summed E-state index contributed by atoms with van der Waals surface area (Å²) in [5.41, 5.74) is 3.29. The number of nitrogens with one attached hydrogen (secondary N) is 1. The summed E-state index contributed by atoms with van der Waals surface area (Å²) in [6.45, 7) is 11.3. The van der Waals surface area contributed by atoms with Gasteiger partial charge in [0, 0.05) is 6.54 Å². The van der Waals surface area contributed by atoms with Crippen molar-refractivity contribution < 1.29 is 14.3 Å². The molecule has 0 amide bonds. The number of benzene rings is 1. The van der Waals surface area contributed by atoms with Gasteiger partial charge in [-0.1, -0.05) is 24.2 Å². The third-order valence-corrected chi connectivity index (χ3v) is 4.22. The van der Waals surface area contributed by atoms with Gasteiger partial charge in [0.25, 0.3) is 0 Å². The molecular formula is C22H36N2O3. The molecule has 1 N–H and O–H groups in total. The quantitative estimate of drug-likeness (QED) is 0.219. The molecule has 5 heteroatoms. The van der Waals surface area contributed by atoms with Crippen molar-refractivity contribution in [3.05, 3.63) is 35.4 Å². The van der Waals surface area contributed by atoms with Gasteiger partial charge in [0.05, 0.1) is 12.3 Å². The molecule has 152 valence electrons. The first-order chi connectivity index (χ1) is 13.1. The molecule has 0 spiro atoms. The van der Waals surface area contributed by atoms with Crippen molar-refractivity contribution in [1.82, 2.24) is 5.32 Å². The summed E-state index contributed by atoms with van der Waals surface area (Å²) in [4.78, 5) is 4.82. The van der Waals surface area contributed by atoms with Crippen molar-refractivity contribution >= 4 is 5.71 Å². The fraction of sp³-hybridized carbons (Fsp3) is 0.591. The van der Waals surface area contributed by atoms with Crippen LogP contribution in [0.5, 0.6) is 11.5 Å². The molecule has 0 fully saturated rings. The van der Waals surface area contributed by atoms with Gasteiger partial charge in [0.15, 0.2) is 0 Å². The molecular weight excluding hydrogens is 340 g/mol. The number of aryl methyl sites for hydroxylation is 2. The molecule has 5 nitrogen and oxygen atoms in total. The fourth-order valence-electron chi connectivity index (χ4n) is 2.75. The van der Waals surface area contributed by atoms with Crippen LogP contribution in [0.15, 0.2) is 29.4 Å². The maximum Gasteiger partial charge on any atom is 0.125 e. The fourth-order valence-corrected chi connectivity index (χ4v) is 2.75. The normalized spacial score (nSPS) is 11.8. The number of hydrogen-bond donors (Lipinski definition) is 1. The molecule has 0 atom stereocenters. The molecule has 0 aliphatic rings. The first-order valence-corrected chi connectivity index (χ1v) is 9.89. The van der Waals surface area contributed by atoms with Gasteiger partial charge in [0.2, 0.25) is 0 Å². The predicted octanol–water partition coefficient (Wildman–Crippen LogP) is 4.81. The van der Waals surface area contributed by atoms with E-state index in [1.54, 1.807) is 7.11 Å². The van der Waals surface area contributed by atoms with Crippen LogP contribution in [0.25, 0.3) is 0 Å². The lowest BCUT2D eigenvalue weighted by molar-refractivity contribution is 0.212. The molecule has 0 aliphatic heterocycles. The van der Waals surface area contributed by atoms with E-state index in [0.29, 0.717) is 6.61 Å². The van der Waals surface area contributed by atoms with Gasteiger partial charge < -0.3 is 19.6 Å². The molecule has 1 rings (SSSR count). The lowest BCUT2D eigenvalue weighted by atomic mass is 10.1. The van der Waals surface area contributed by atoms with E-state index in [2.05, 4.69) is 31.2 Å². The van der Waals surface area contributed by atoms with E-state index >= 15 is 0 Å². The second kappa shape index (κ2) is 14.1. The van der Waals surface area contributed by atoms with E-state index in [1.165, 1.54) is 0 Å². The Kier molecular flexibility index (Phi) is 12.0. The van der Waals surface area contributed by atoms with E-state index in [0.717, 1.165) is 73.7 Å². The monoisotopic (exact) mass is 376 g/mol. The predicted molar refractivity (Wildman–Crippen MR) is 113 cm³/mol. The van der Waals surface area contributed by atoms with Crippen molar-refractivity contribution in [3.8, 4) is 11.5 Å². The summed E-state index contributed by atoms with van der Waals surface area (Å²) in [6, 6.07) is 4.09. The Bertz CT molecular complexity index is 574. The highest BCUT2D eigenvalue weighted by Crippen LogP contribution is 2.28. The number of nitrogens with zero attached hydrogens (tertiary/aromatic N) is 1. The van der Waals surface area contributed by atoms with Crippen LogP contribution in [-0.2, 0) is 4.84 Å². The Hall–Kier alpha value is -2.01. The van der Waals surface area contributed by atoms with Crippen molar-refractivity contribution in [3.63, 3.8) is 0 Å². The second-order valence-electron chi connectivity index (χ2n) is 6.55. The minimum Gasteiger partial charge on any atom is -0.493 e. The maximum absolute atomic E-state index is 6.02. The van der Waals surface area contributed by atoms with E-state index in [4.69, 9.17) is 14.3 Å². The molecule has 0 radical (unpaired) electrons. The highest BCUT2D eigenvalue weighted by molar-refractivity contribution is 5.85. The van der Waals surface area contributed by atoms with Crippen LogP contribution >= 0.6 is 0 Å². The van der Waals surface area contributed by atoms with E-state index in [-0.39, 0.29) is 0 Å². The van der Waals surface area contributed by atoms with Crippen LogP contribution < -0.4 is 14.8 Å². The lowest BCUT2D eigenvalue weighted by Crippen LogP contribution is -2.23. The van der Waals surface area contributed by atoms with Crippen LogP contribution in [0, 0.1) is 13.8 Å². The summed E-state index contributed by atoms with van der Waals surface area (Å²) in [6.07, 6.45) is 8.21. The topological polar surface area (TPSA) is 52.1 Å². The Balaban J connectivity index is 2.25. The molecule has 0 saturated carbocycles. The van der Waals surface area contributed by atoms with Gasteiger partial charge >= 0.3 is 0 Å². The zero-order valence-corrected chi connectivity index (χ0v) is 17.6. The summed E-state index contributed by atoms with van der Waals surface area (Å²) < 4.78 is 11.7. The molecule has 0 aromatic heterocycles. The smallest absolute Gasteiger partial charge is 0.125 e. The minimum absolute atomic E-state index is 0.598. The van der Waals surface area contributed by atoms with Crippen molar-refractivity contribution in [2.45, 2.75) is 53.4 Å². The van der Waals surface area contributed by atoms with Gasteiger partial charge in [-0.3, -0.25) is 0 Å². The van der Waals surface area contributed by atoms with Gasteiger partial charge in [-0.05, 0) is 76.3 Å². The van der Waals surface area contributed by atoms with Crippen LogP contribution in [0.3, 0.4) is 0 Å². The minimum atomic E-state index is 0.598. The molecule has 0 aliphatic carbocycles. The zero-order valence-electron chi connectivity index (χ0n) is 17.6. The standard InChI is InChI=1S/C22H36N2O3/c1-6-8-13-26-21-15-18(3)22(19(4)16-21)27-14-11-9-10-12-23-17-20(7-2)24-25-5/h6,8,15-16,23H,7,9-14,17H2,1-5H3/b8-6+,24-20+. The molecule has 1 aromatic rings. The summed E-state index contributed by atoms with van der Waals surface area (Å²) in [5, 5.41) is 7.39. The molecule has 1 aromatic carbocycles. The molecule has 27 heavy (non-hydrogen) atoms. The van der Waals surface area contributed by atoms with Crippen LogP contribution in [-0.4, -0.2) is 39.1 Å². The average molecular weight is 377 g/mol. The third kappa shape index (κ3) is 9.48. The Morgan fingerprint density at radius 2 is 1.85 bits per heavy atom. The Morgan fingerprint density at radius 1 is 1.11 bits per heavy atom. The molecule has 0 heterocycles. The van der Waals surface area contributed by atoms with Gasteiger partial charge in [-0.2, -0.15) is 0 Å². The number of ether oxygens (including phenoxy) is 2. The molecule has 0 saturated heterocycles. The number of allylic oxidation sites excluding steroid dienone is 1. The Labute approximate surface area is 164 Å². The molecule has 0 unspecified atom stereocenters. The number of unbranched alkanes of at least 4 members (excludes halogenated alkanes) is 2. The highest BCUT2D eigenvalue weighted by atomic mass is 16.6. The largest absolute Gasteiger partial charge is 0.493 e. The highest BCUT2D eigenvalue weighted by Gasteiger charge is 2.07. The van der Waals surface area contributed by atoms with Gasteiger partial charge in [-0.25, -0.2) is 0 Å². The van der Waals surface area contributed by atoms with Gasteiger partial charge in [-0.15, -0.1) is 0 Å². The van der Waals surface area contributed by atoms with Crippen LogP contribution in [0.4, 0.5) is 0 Å². The van der Waals surface area contributed by atoms with Crippen LogP contribution in [0.1, 0.15) is 50.7 Å². The summed E-state index contributed by atoms with van der Waals surface area (Å²) in [5.74, 6) is 1.87. The van der Waals surface area contributed by atoms with E-state index in [1.807, 2.05) is 31.2 Å². The second-order valence-corrected chi connectivity index (χ2v) is 6.55. The number of hydrogen-bond acceptors (Lipinski definition) is 5. The lowest BCUT2D eigenvalue weighted by Gasteiger charge is -2.14. The first kappa shape index (κ1) is 23.0. The summed E-state index contributed by atoms with van der Waals surface area (Å²) in [7, 11) is 1.59. The van der Waals surface area contributed by atoms with E-state index in [9.17, 15) is 0 Å². The SMILES string of the molecule is C/C=C/COc1cc(C)c(OCCCCCNC/C(CC)=N/OC)c(C)c1. The van der Waals surface area contributed by atoms with Crippen molar-refractivity contribution in [1.29, 1.82) is 0 Å². The number of oxime groups is 1. The average Bonchev–Trinajstić information content (AvgIpc) is 2.65. The van der Waals surface area contributed by atoms with Crippen LogP contribution in [0.2, 0.25) is 0 Å². The van der Waals surface area contributed by atoms with Crippen molar-refractivity contribution in [2.75, 3.05) is 33.4 Å². The van der Waals surface area contributed by atoms with E-state index < -0.39 is 0 Å². The van der Waals surface area contributed by atoms with Crippen molar-refractivity contribution in [2.24, 2.45) is 5.16 Å². The zero-order chi connectivity index (χ0) is 19.9. The Morgan fingerprint density at radius 3 is 2.48 bits per heavy atom. The summed E-state index contributed by atoms with van der Waals surface area (Å²) >= 11 is 0. The van der Waals surface area contributed by atoms with Gasteiger partial charge in [0.1, 0.15) is 25.2 Å².